The van der Waals surface area contributed by atoms with Gasteiger partial charge in [0.15, 0.2) is 0 Å². The average molecular weight is 264 g/mol. The van der Waals surface area contributed by atoms with Crippen LogP contribution in [0.3, 0.4) is 0 Å². The van der Waals surface area contributed by atoms with Crippen molar-refractivity contribution in [3.63, 3.8) is 0 Å². The van der Waals surface area contributed by atoms with E-state index in [1.807, 2.05) is 29.5 Å². The van der Waals surface area contributed by atoms with E-state index in [-0.39, 0.29) is 0 Å². The molecule has 1 saturated heterocycles. The lowest BCUT2D eigenvalue weighted by atomic mass is 10.0. The van der Waals surface area contributed by atoms with Crippen LogP contribution >= 0.6 is 22.9 Å². The number of halogens is 1. The molecule has 0 bridgehead atoms. The van der Waals surface area contributed by atoms with Crippen LogP contribution in [0.15, 0.2) is 35.7 Å². The first-order valence-corrected chi connectivity index (χ1v) is 7.17. The molecule has 0 spiro atoms. The Morgan fingerprint density at radius 3 is 2.82 bits per heavy atom. The first-order chi connectivity index (χ1) is 8.36. The number of rotatable bonds is 2. The molecular weight excluding hydrogens is 250 g/mol. The maximum atomic E-state index is 6.28. The molecule has 2 aromatic rings. The van der Waals surface area contributed by atoms with Crippen molar-refractivity contribution in [2.75, 3.05) is 6.54 Å². The lowest BCUT2D eigenvalue weighted by molar-refractivity contribution is 0.661. The molecule has 17 heavy (non-hydrogen) atoms. The number of hydrogen-bond acceptors (Lipinski definition) is 2. The number of hydrogen-bond donors (Lipinski definition) is 1. The Bertz CT molecular complexity index is 514. The summed E-state index contributed by atoms with van der Waals surface area (Å²) in [7, 11) is 0. The summed E-state index contributed by atoms with van der Waals surface area (Å²) in [6, 6.07) is 10.8. The first-order valence-electron chi connectivity index (χ1n) is 5.92. The number of nitrogens with one attached hydrogen (secondary N) is 1. The van der Waals surface area contributed by atoms with Gasteiger partial charge in [0.1, 0.15) is 0 Å². The largest absolute Gasteiger partial charge is 0.309 e. The second-order valence-corrected chi connectivity index (χ2v) is 5.68. The molecule has 0 aliphatic carbocycles. The van der Waals surface area contributed by atoms with Crippen LogP contribution in [0, 0.1) is 0 Å². The third-order valence-corrected chi connectivity index (χ3v) is 4.60. The van der Waals surface area contributed by atoms with Crippen molar-refractivity contribution in [2.45, 2.75) is 18.9 Å². The van der Waals surface area contributed by atoms with Gasteiger partial charge in [0, 0.05) is 21.5 Å². The minimum atomic E-state index is 0.515. The fourth-order valence-corrected chi connectivity index (χ4v) is 3.66. The SMILES string of the molecule is Clc1ccccc1-c1ccsc1C1CCCN1. The summed E-state index contributed by atoms with van der Waals surface area (Å²) in [5.41, 5.74) is 2.44. The molecule has 1 unspecified atom stereocenters. The Balaban J connectivity index is 2.04. The molecule has 2 heterocycles. The van der Waals surface area contributed by atoms with Crippen molar-refractivity contribution in [1.29, 1.82) is 0 Å². The van der Waals surface area contributed by atoms with Gasteiger partial charge >= 0.3 is 0 Å². The summed E-state index contributed by atoms with van der Waals surface area (Å²) < 4.78 is 0. The van der Waals surface area contributed by atoms with Gasteiger partial charge in [-0.2, -0.15) is 0 Å². The van der Waals surface area contributed by atoms with E-state index in [2.05, 4.69) is 22.8 Å². The predicted molar refractivity (Wildman–Crippen MR) is 74.7 cm³/mol. The lowest BCUT2D eigenvalue weighted by Crippen LogP contribution is -2.12. The van der Waals surface area contributed by atoms with E-state index < -0.39 is 0 Å². The molecule has 1 aromatic heterocycles. The zero-order valence-corrected chi connectivity index (χ0v) is 11.0. The highest BCUT2D eigenvalue weighted by atomic mass is 35.5. The van der Waals surface area contributed by atoms with E-state index in [1.54, 1.807) is 0 Å². The van der Waals surface area contributed by atoms with Gasteiger partial charge in [-0.15, -0.1) is 11.3 Å². The van der Waals surface area contributed by atoms with Crippen molar-refractivity contribution in [3.05, 3.63) is 45.6 Å². The van der Waals surface area contributed by atoms with Crippen molar-refractivity contribution in [1.82, 2.24) is 5.32 Å². The third-order valence-electron chi connectivity index (χ3n) is 3.24. The van der Waals surface area contributed by atoms with E-state index >= 15 is 0 Å². The molecule has 1 aliphatic rings. The quantitative estimate of drug-likeness (QED) is 0.842. The van der Waals surface area contributed by atoms with Crippen LogP contribution < -0.4 is 5.32 Å². The average Bonchev–Trinajstić information content (AvgIpc) is 3.00. The molecular formula is C14H14ClNS. The van der Waals surface area contributed by atoms with Gasteiger partial charge in [-0.1, -0.05) is 29.8 Å². The summed E-state index contributed by atoms with van der Waals surface area (Å²) in [6.07, 6.45) is 2.50. The highest BCUT2D eigenvalue weighted by molar-refractivity contribution is 7.10. The van der Waals surface area contributed by atoms with Gasteiger partial charge in [-0.25, -0.2) is 0 Å². The topological polar surface area (TPSA) is 12.0 Å². The molecule has 1 aromatic carbocycles. The van der Waals surface area contributed by atoms with Gasteiger partial charge in [0.2, 0.25) is 0 Å². The Morgan fingerprint density at radius 1 is 1.18 bits per heavy atom. The Labute approximate surface area is 110 Å². The molecule has 1 aliphatic heterocycles. The van der Waals surface area contributed by atoms with Crippen LogP contribution in [-0.4, -0.2) is 6.54 Å². The summed E-state index contributed by atoms with van der Waals surface area (Å²) in [5.74, 6) is 0. The third kappa shape index (κ3) is 2.13. The molecule has 1 fully saturated rings. The van der Waals surface area contributed by atoms with Crippen molar-refractivity contribution in [3.8, 4) is 11.1 Å². The van der Waals surface area contributed by atoms with E-state index in [9.17, 15) is 0 Å². The van der Waals surface area contributed by atoms with Gasteiger partial charge < -0.3 is 5.32 Å². The van der Waals surface area contributed by atoms with Crippen LogP contribution in [0.5, 0.6) is 0 Å². The van der Waals surface area contributed by atoms with E-state index in [0.29, 0.717) is 6.04 Å². The maximum Gasteiger partial charge on any atom is 0.0484 e. The standard InChI is InChI=1S/C14H14ClNS/c15-12-5-2-1-4-10(12)11-7-9-17-14(11)13-6-3-8-16-13/h1-2,4-5,7,9,13,16H,3,6,8H2. The molecule has 1 atom stereocenters. The normalized spacial score (nSPS) is 19.7. The Morgan fingerprint density at radius 2 is 2.06 bits per heavy atom. The van der Waals surface area contributed by atoms with Crippen LogP contribution in [0.4, 0.5) is 0 Å². The van der Waals surface area contributed by atoms with Crippen LogP contribution in [0.25, 0.3) is 11.1 Å². The molecule has 0 saturated carbocycles. The second kappa shape index (κ2) is 4.81. The van der Waals surface area contributed by atoms with Gasteiger partial charge in [0.25, 0.3) is 0 Å². The number of thiophene rings is 1. The monoisotopic (exact) mass is 263 g/mol. The molecule has 0 amide bonds. The Hall–Kier alpha value is -0.830. The minimum absolute atomic E-state index is 0.515. The number of benzene rings is 1. The van der Waals surface area contributed by atoms with Crippen molar-refractivity contribution < 1.29 is 0 Å². The summed E-state index contributed by atoms with van der Waals surface area (Å²) in [5, 5.41) is 6.55. The minimum Gasteiger partial charge on any atom is -0.309 e. The maximum absolute atomic E-state index is 6.28. The van der Waals surface area contributed by atoms with Crippen LogP contribution in [-0.2, 0) is 0 Å². The highest BCUT2D eigenvalue weighted by Gasteiger charge is 2.21. The van der Waals surface area contributed by atoms with Crippen molar-refractivity contribution in [2.24, 2.45) is 0 Å². The molecule has 3 heteroatoms. The van der Waals surface area contributed by atoms with E-state index in [1.165, 1.54) is 23.3 Å². The molecule has 88 valence electrons. The van der Waals surface area contributed by atoms with Gasteiger partial charge in [0.05, 0.1) is 0 Å². The summed E-state index contributed by atoms with van der Waals surface area (Å²) >= 11 is 8.11. The smallest absolute Gasteiger partial charge is 0.0484 e. The van der Waals surface area contributed by atoms with Gasteiger partial charge in [-0.05, 0) is 42.5 Å². The Kier molecular flexibility index (Phi) is 3.19. The predicted octanol–water partition coefficient (Wildman–Crippen LogP) is 4.49. The van der Waals surface area contributed by atoms with Crippen LogP contribution in [0.2, 0.25) is 5.02 Å². The fraction of sp³-hybridized carbons (Fsp3) is 0.286. The van der Waals surface area contributed by atoms with Crippen LogP contribution in [0.1, 0.15) is 23.8 Å². The fourth-order valence-electron chi connectivity index (χ4n) is 2.40. The zero-order chi connectivity index (χ0) is 11.7. The van der Waals surface area contributed by atoms with Gasteiger partial charge in [-0.3, -0.25) is 0 Å². The van der Waals surface area contributed by atoms with E-state index in [4.69, 9.17) is 11.6 Å². The van der Waals surface area contributed by atoms with Crippen molar-refractivity contribution >= 4 is 22.9 Å². The summed E-state index contributed by atoms with van der Waals surface area (Å²) in [4.78, 5) is 1.43. The lowest BCUT2D eigenvalue weighted by Gasteiger charge is -2.12. The summed E-state index contributed by atoms with van der Waals surface area (Å²) in [6.45, 7) is 1.13. The zero-order valence-electron chi connectivity index (χ0n) is 9.45. The molecule has 0 radical (unpaired) electrons. The highest BCUT2D eigenvalue weighted by Crippen LogP contribution is 2.39. The molecule has 1 nitrogen and oxygen atoms in total. The first kappa shape index (κ1) is 11.3. The second-order valence-electron chi connectivity index (χ2n) is 4.33. The molecule has 3 rings (SSSR count). The molecule has 1 N–H and O–H groups in total. The van der Waals surface area contributed by atoms with E-state index in [0.717, 1.165) is 17.1 Å².